The normalized spacial score (nSPS) is 17.1. The number of fused-ring (bicyclic) bond motifs is 1. The van der Waals surface area contributed by atoms with Gasteiger partial charge >= 0.3 is 6.03 Å². The molecule has 1 saturated heterocycles. The van der Waals surface area contributed by atoms with Gasteiger partial charge in [-0.2, -0.15) is 5.10 Å². The van der Waals surface area contributed by atoms with Crippen molar-refractivity contribution in [2.75, 3.05) is 18.4 Å². The smallest absolute Gasteiger partial charge is 0.321 e. The number of piperidine rings is 1. The predicted molar refractivity (Wildman–Crippen MR) is 100 cm³/mol. The first kappa shape index (κ1) is 16.3. The summed E-state index contributed by atoms with van der Waals surface area (Å²) in [5, 5.41) is 13.0. The minimum atomic E-state index is -0.103. The molecule has 3 aromatic rings. The fourth-order valence-corrected chi connectivity index (χ4v) is 3.27. The molecule has 2 amide bonds. The molecule has 6 heteroatoms. The van der Waals surface area contributed by atoms with Crippen molar-refractivity contribution >= 4 is 22.5 Å². The van der Waals surface area contributed by atoms with Crippen molar-refractivity contribution in [3.8, 4) is 5.88 Å². The van der Waals surface area contributed by atoms with E-state index in [-0.39, 0.29) is 12.1 Å². The molecule has 26 heavy (non-hydrogen) atoms. The topological polar surface area (TPSA) is 67.4 Å². The second kappa shape index (κ2) is 7.39. The Hall–Kier alpha value is -3.15. The number of rotatable bonds is 3. The molecule has 1 aromatic heterocycles. The van der Waals surface area contributed by atoms with Gasteiger partial charge in [-0.25, -0.2) is 4.79 Å². The van der Waals surface area contributed by atoms with E-state index in [1.807, 2.05) is 42.5 Å². The van der Waals surface area contributed by atoms with E-state index in [0.717, 1.165) is 35.8 Å². The van der Waals surface area contributed by atoms with Crippen LogP contribution in [0.3, 0.4) is 0 Å². The number of carbonyl (C=O) groups is 1. The lowest BCUT2D eigenvalue weighted by molar-refractivity contribution is 0.102. The molecule has 2 aromatic carbocycles. The second-order valence-electron chi connectivity index (χ2n) is 6.35. The van der Waals surface area contributed by atoms with Crippen LogP contribution in [0.1, 0.15) is 12.8 Å². The van der Waals surface area contributed by atoms with E-state index >= 15 is 0 Å². The first-order valence-electron chi connectivity index (χ1n) is 8.78. The Bertz CT molecular complexity index is 895. The Balaban J connectivity index is 1.44. The second-order valence-corrected chi connectivity index (χ2v) is 6.35. The number of hydrogen-bond donors (Lipinski definition) is 1. The first-order valence-corrected chi connectivity index (χ1v) is 8.78. The molecule has 1 aliphatic rings. The van der Waals surface area contributed by atoms with Crippen LogP contribution in [0.25, 0.3) is 10.8 Å². The van der Waals surface area contributed by atoms with Crippen LogP contribution in [0.5, 0.6) is 5.88 Å². The van der Waals surface area contributed by atoms with Crippen molar-refractivity contribution in [3.05, 3.63) is 60.8 Å². The Kier molecular flexibility index (Phi) is 4.64. The van der Waals surface area contributed by atoms with Gasteiger partial charge in [0.15, 0.2) is 0 Å². The monoisotopic (exact) mass is 348 g/mol. The molecule has 1 fully saturated rings. The summed E-state index contributed by atoms with van der Waals surface area (Å²) >= 11 is 0. The number of benzene rings is 2. The quantitative estimate of drug-likeness (QED) is 0.783. The maximum absolute atomic E-state index is 12.7. The number of anilines is 1. The van der Waals surface area contributed by atoms with E-state index in [1.165, 1.54) is 0 Å². The summed E-state index contributed by atoms with van der Waals surface area (Å²) in [4.78, 5) is 14.5. The number of ether oxygens (including phenoxy) is 1. The molecule has 2 heterocycles. The predicted octanol–water partition coefficient (Wildman–Crippen LogP) is 3.71. The largest absolute Gasteiger partial charge is 0.471 e. The Morgan fingerprint density at radius 3 is 2.88 bits per heavy atom. The zero-order chi connectivity index (χ0) is 17.8. The van der Waals surface area contributed by atoms with Gasteiger partial charge in [0.2, 0.25) is 5.88 Å². The third-order valence-corrected chi connectivity index (χ3v) is 4.53. The van der Waals surface area contributed by atoms with Crippen LogP contribution in [0.4, 0.5) is 10.5 Å². The molecular weight excluding hydrogens is 328 g/mol. The third kappa shape index (κ3) is 3.59. The lowest BCUT2D eigenvalue weighted by atomic mass is 10.1. The van der Waals surface area contributed by atoms with Crippen molar-refractivity contribution < 1.29 is 9.53 Å². The van der Waals surface area contributed by atoms with E-state index in [9.17, 15) is 4.79 Å². The molecule has 132 valence electrons. The van der Waals surface area contributed by atoms with Crippen molar-refractivity contribution in [2.24, 2.45) is 0 Å². The van der Waals surface area contributed by atoms with Crippen molar-refractivity contribution in [3.63, 3.8) is 0 Å². The van der Waals surface area contributed by atoms with Crippen molar-refractivity contribution in [1.29, 1.82) is 0 Å². The molecule has 1 aliphatic heterocycles. The van der Waals surface area contributed by atoms with Gasteiger partial charge in [-0.3, -0.25) is 0 Å². The van der Waals surface area contributed by atoms with Gasteiger partial charge in [0.25, 0.3) is 0 Å². The van der Waals surface area contributed by atoms with Crippen LogP contribution in [0, 0.1) is 0 Å². The highest BCUT2D eigenvalue weighted by molar-refractivity contribution is 6.01. The lowest BCUT2D eigenvalue weighted by Crippen LogP contribution is -2.46. The summed E-state index contributed by atoms with van der Waals surface area (Å²) in [5.41, 5.74) is 0.824. The molecule has 4 rings (SSSR count). The van der Waals surface area contributed by atoms with Gasteiger partial charge in [-0.15, -0.1) is 5.10 Å². The van der Waals surface area contributed by atoms with Gasteiger partial charge in [-0.05, 0) is 30.4 Å². The van der Waals surface area contributed by atoms with E-state index in [1.54, 1.807) is 23.2 Å². The number of aromatic nitrogens is 2. The highest BCUT2D eigenvalue weighted by atomic mass is 16.5. The van der Waals surface area contributed by atoms with Gasteiger partial charge in [0.1, 0.15) is 6.10 Å². The fourth-order valence-electron chi connectivity index (χ4n) is 3.27. The zero-order valence-corrected chi connectivity index (χ0v) is 14.3. The number of carbonyl (C=O) groups excluding carboxylic acids is 1. The van der Waals surface area contributed by atoms with Crippen LogP contribution in [-0.2, 0) is 0 Å². The maximum atomic E-state index is 12.7. The number of urea groups is 1. The highest BCUT2D eigenvalue weighted by Crippen LogP contribution is 2.24. The average molecular weight is 348 g/mol. The number of nitrogens with zero attached hydrogens (tertiary/aromatic N) is 3. The van der Waals surface area contributed by atoms with Gasteiger partial charge in [-0.1, -0.05) is 36.4 Å². The average Bonchev–Trinajstić information content (AvgIpc) is 2.69. The summed E-state index contributed by atoms with van der Waals surface area (Å²) in [6, 6.07) is 17.4. The zero-order valence-electron chi connectivity index (χ0n) is 14.3. The van der Waals surface area contributed by atoms with E-state index in [2.05, 4.69) is 15.5 Å². The van der Waals surface area contributed by atoms with Crippen LogP contribution in [-0.4, -0.2) is 40.3 Å². The number of amides is 2. The molecule has 1 unspecified atom stereocenters. The summed E-state index contributed by atoms with van der Waals surface area (Å²) in [5.74, 6) is 0.494. The number of hydrogen-bond acceptors (Lipinski definition) is 4. The summed E-state index contributed by atoms with van der Waals surface area (Å²) < 4.78 is 5.86. The number of likely N-dealkylation sites (tertiary alicyclic amines) is 1. The minimum Gasteiger partial charge on any atom is -0.471 e. The highest BCUT2D eigenvalue weighted by Gasteiger charge is 2.25. The maximum Gasteiger partial charge on any atom is 0.321 e. The first-order chi connectivity index (χ1) is 12.8. The SMILES string of the molecule is O=C(Nc1cccc2ccccc12)N1CCCC(Oc2cccnn2)C1. The Morgan fingerprint density at radius 2 is 2.00 bits per heavy atom. The summed E-state index contributed by atoms with van der Waals surface area (Å²) in [6.07, 6.45) is 3.33. The Labute approximate surface area is 151 Å². The molecular formula is C20H20N4O2. The minimum absolute atomic E-state index is 0.0706. The molecule has 6 nitrogen and oxygen atoms in total. The molecule has 0 saturated carbocycles. The summed E-state index contributed by atoms with van der Waals surface area (Å²) in [6.45, 7) is 1.25. The van der Waals surface area contributed by atoms with E-state index in [4.69, 9.17) is 4.74 Å². The molecule has 0 radical (unpaired) electrons. The Morgan fingerprint density at radius 1 is 1.12 bits per heavy atom. The van der Waals surface area contributed by atoms with Gasteiger partial charge < -0.3 is 15.0 Å². The van der Waals surface area contributed by atoms with Crippen LogP contribution < -0.4 is 10.1 Å². The van der Waals surface area contributed by atoms with Crippen molar-refractivity contribution in [1.82, 2.24) is 15.1 Å². The van der Waals surface area contributed by atoms with E-state index < -0.39 is 0 Å². The molecule has 1 atom stereocenters. The molecule has 1 N–H and O–H groups in total. The van der Waals surface area contributed by atoms with Crippen LogP contribution in [0.2, 0.25) is 0 Å². The molecule has 0 aliphatic carbocycles. The van der Waals surface area contributed by atoms with Gasteiger partial charge in [0, 0.05) is 24.2 Å². The standard InChI is InChI=1S/C20H20N4O2/c25-20(22-18-10-3-7-15-6-1-2-9-17(15)18)24-13-5-8-16(14-24)26-19-11-4-12-21-23-19/h1-4,6-7,9-12,16H,5,8,13-14H2,(H,22,25). The lowest BCUT2D eigenvalue weighted by Gasteiger charge is -2.32. The van der Waals surface area contributed by atoms with E-state index in [0.29, 0.717) is 12.4 Å². The molecule has 0 bridgehead atoms. The van der Waals surface area contributed by atoms with Crippen molar-refractivity contribution in [2.45, 2.75) is 18.9 Å². The summed E-state index contributed by atoms with van der Waals surface area (Å²) in [7, 11) is 0. The molecule has 0 spiro atoms. The third-order valence-electron chi connectivity index (χ3n) is 4.53. The van der Waals surface area contributed by atoms with Gasteiger partial charge in [0.05, 0.1) is 12.2 Å². The van der Waals surface area contributed by atoms with Crippen LogP contribution in [0.15, 0.2) is 60.8 Å². The fraction of sp³-hybridized carbons (Fsp3) is 0.250. The number of nitrogens with one attached hydrogen (secondary N) is 1. The van der Waals surface area contributed by atoms with Crippen LogP contribution >= 0.6 is 0 Å².